The molecule has 0 saturated heterocycles. The van der Waals surface area contributed by atoms with Gasteiger partial charge in [0.1, 0.15) is 12.4 Å². The highest BCUT2D eigenvalue weighted by atomic mass is 15.3. The number of guanidine groups is 1. The first kappa shape index (κ1) is 13.6. The molecule has 2 heterocycles. The summed E-state index contributed by atoms with van der Waals surface area (Å²) in [6.45, 7) is 3.49. The highest BCUT2D eigenvalue weighted by Crippen LogP contribution is 2.14. The lowest BCUT2D eigenvalue weighted by Gasteiger charge is -2.14. The van der Waals surface area contributed by atoms with Crippen molar-refractivity contribution in [2.75, 3.05) is 5.32 Å². The summed E-state index contributed by atoms with van der Waals surface area (Å²) in [7, 11) is 0. The van der Waals surface area contributed by atoms with Crippen LogP contribution in [0.5, 0.6) is 0 Å². The van der Waals surface area contributed by atoms with E-state index in [1.165, 1.54) is 18.4 Å². The molecule has 21 heavy (non-hydrogen) atoms. The largest absolute Gasteiger partial charge is 0.370 e. The van der Waals surface area contributed by atoms with Crippen LogP contribution in [-0.2, 0) is 19.5 Å². The van der Waals surface area contributed by atoms with E-state index in [4.69, 9.17) is 5.73 Å². The molecule has 2 aromatic rings. The molecule has 1 aliphatic heterocycles. The molecule has 6 nitrogen and oxygen atoms in total. The molecule has 110 valence electrons. The molecule has 0 aliphatic carbocycles. The highest BCUT2D eigenvalue weighted by Gasteiger charge is 2.14. The van der Waals surface area contributed by atoms with Crippen molar-refractivity contribution in [1.82, 2.24) is 14.8 Å². The third-order valence-corrected chi connectivity index (χ3v) is 3.65. The van der Waals surface area contributed by atoms with Gasteiger partial charge in [-0.1, -0.05) is 17.7 Å². The molecule has 6 heteroatoms. The third-order valence-electron chi connectivity index (χ3n) is 3.65. The van der Waals surface area contributed by atoms with Gasteiger partial charge >= 0.3 is 0 Å². The number of nitrogens with zero attached hydrogens (tertiary/aromatic N) is 4. The van der Waals surface area contributed by atoms with Crippen LogP contribution in [-0.4, -0.2) is 20.7 Å². The number of nitrogens with two attached hydrogens (primary N) is 1. The first-order valence-electron chi connectivity index (χ1n) is 7.27. The Kier molecular flexibility index (Phi) is 3.85. The van der Waals surface area contributed by atoms with Gasteiger partial charge in [0.15, 0.2) is 11.8 Å². The number of hydrogen-bond donors (Lipinski definition) is 2. The van der Waals surface area contributed by atoms with Crippen molar-refractivity contribution in [3.05, 3.63) is 41.5 Å². The number of anilines is 1. The number of aryl methyl sites for hydroxylation is 2. The average Bonchev–Trinajstić information content (AvgIpc) is 2.91. The molecule has 3 rings (SSSR count). The van der Waals surface area contributed by atoms with Crippen molar-refractivity contribution in [2.45, 2.75) is 39.3 Å². The van der Waals surface area contributed by atoms with Crippen LogP contribution in [0.2, 0.25) is 0 Å². The molecule has 0 radical (unpaired) electrons. The van der Waals surface area contributed by atoms with E-state index in [2.05, 4.69) is 32.0 Å². The average molecular weight is 284 g/mol. The van der Waals surface area contributed by atoms with Crippen molar-refractivity contribution in [1.29, 1.82) is 0 Å². The maximum atomic E-state index is 5.92. The Labute approximate surface area is 124 Å². The maximum Gasteiger partial charge on any atom is 0.193 e. The summed E-state index contributed by atoms with van der Waals surface area (Å²) >= 11 is 0. The van der Waals surface area contributed by atoms with E-state index < -0.39 is 0 Å². The highest BCUT2D eigenvalue weighted by molar-refractivity contribution is 5.92. The normalized spacial score (nSPS) is 14.8. The molecule has 0 saturated carbocycles. The molecule has 1 aromatic carbocycles. The molecule has 1 aromatic heterocycles. The van der Waals surface area contributed by atoms with Crippen LogP contribution < -0.4 is 11.1 Å². The molecule has 0 atom stereocenters. The smallest absolute Gasteiger partial charge is 0.193 e. The zero-order valence-corrected chi connectivity index (χ0v) is 12.2. The number of aromatic nitrogens is 3. The fourth-order valence-electron chi connectivity index (χ4n) is 2.47. The van der Waals surface area contributed by atoms with Gasteiger partial charge in [-0.25, -0.2) is 4.99 Å². The topological polar surface area (TPSA) is 81.1 Å². The van der Waals surface area contributed by atoms with Crippen LogP contribution in [0.4, 0.5) is 5.69 Å². The minimum absolute atomic E-state index is 0.395. The Morgan fingerprint density at radius 2 is 2.10 bits per heavy atom. The number of aliphatic imine (C=N–C) groups is 1. The van der Waals surface area contributed by atoms with Crippen molar-refractivity contribution in [3.63, 3.8) is 0 Å². The second-order valence-electron chi connectivity index (χ2n) is 5.33. The Balaban J connectivity index is 1.65. The van der Waals surface area contributed by atoms with E-state index >= 15 is 0 Å². The van der Waals surface area contributed by atoms with E-state index in [1.54, 1.807) is 0 Å². The van der Waals surface area contributed by atoms with Crippen LogP contribution >= 0.6 is 0 Å². The number of hydrogen-bond acceptors (Lipinski definition) is 3. The monoisotopic (exact) mass is 284 g/mol. The van der Waals surface area contributed by atoms with Gasteiger partial charge in [-0.3, -0.25) is 0 Å². The molecule has 0 fully saturated rings. The van der Waals surface area contributed by atoms with Crippen LogP contribution in [0.25, 0.3) is 0 Å². The molecular weight excluding hydrogens is 264 g/mol. The minimum atomic E-state index is 0.395. The SMILES string of the molecule is Cc1ccc(NC(N)=NCc2nnc3n2CCCC3)cc1. The molecule has 1 aliphatic rings. The van der Waals surface area contributed by atoms with Crippen LogP contribution in [0.3, 0.4) is 0 Å². The Hall–Kier alpha value is -2.37. The summed E-state index contributed by atoms with van der Waals surface area (Å²) in [4.78, 5) is 4.35. The van der Waals surface area contributed by atoms with Gasteiger partial charge in [-0.2, -0.15) is 0 Å². The molecule has 3 N–H and O–H groups in total. The Morgan fingerprint density at radius 1 is 1.29 bits per heavy atom. The minimum Gasteiger partial charge on any atom is -0.370 e. The van der Waals surface area contributed by atoms with Crippen molar-refractivity contribution >= 4 is 11.6 Å². The molecule has 0 bridgehead atoms. The number of nitrogens with one attached hydrogen (secondary N) is 1. The summed E-state index contributed by atoms with van der Waals surface area (Å²) in [5.74, 6) is 2.35. The zero-order valence-electron chi connectivity index (χ0n) is 12.2. The van der Waals surface area contributed by atoms with Gasteiger partial charge < -0.3 is 15.6 Å². The summed E-state index contributed by atoms with van der Waals surface area (Å²) in [5.41, 5.74) is 8.07. The molecule has 0 unspecified atom stereocenters. The fraction of sp³-hybridized carbons (Fsp3) is 0.400. The molecular formula is C15H20N6. The third kappa shape index (κ3) is 3.21. The lowest BCUT2D eigenvalue weighted by atomic mass is 10.2. The van der Waals surface area contributed by atoms with Gasteiger partial charge in [0, 0.05) is 18.7 Å². The summed E-state index contributed by atoms with van der Waals surface area (Å²) < 4.78 is 2.16. The maximum absolute atomic E-state index is 5.92. The lowest BCUT2D eigenvalue weighted by molar-refractivity contribution is 0.508. The van der Waals surface area contributed by atoms with Crippen LogP contribution in [0.1, 0.15) is 30.1 Å². The van der Waals surface area contributed by atoms with E-state index in [9.17, 15) is 0 Å². The predicted molar refractivity (Wildman–Crippen MR) is 83.1 cm³/mol. The molecule has 0 amide bonds. The van der Waals surface area contributed by atoms with E-state index in [-0.39, 0.29) is 0 Å². The van der Waals surface area contributed by atoms with Crippen molar-refractivity contribution in [3.8, 4) is 0 Å². The molecule has 0 spiro atoms. The van der Waals surface area contributed by atoms with Gasteiger partial charge in [-0.05, 0) is 31.9 Å². The van der Waals surface area contributed by atoms with E-state index in [0.717, 1.165) is 30.3 Å². The fourth-order valence-corrected chi connectivity index (χ4v) is 2.47. The second kappa shape index (κ2) is 5.95. The van der Waals surface area contributed by atoms with Gasteiger partial charge in [0.05, 0.1) is 0 Å². The quantitative estimate of drug-likeness (QED) is 0.666. The zero-order chi connectivity index (χ0) is 14.7. The standard InChI is InChI=1S/C15H20N6/c1-11-5-7-12(8-6-11)18-15(16)17-10-14-20-19-13-4-2-3-9-21(13)14/h5-8H,2-4,9-10H2,1H3,(H3,16,17,18). The Bertz CT molecular complexity index is 641. The number of fused-ring (bicyclic) bond motifs is 1. The second-order valence-corrected chi connectivity index (χ2v) is 5.33. The lowest BCUT2D eigenvalue weighted by Crippen LogP contribution is -2.23. The number of benzene rings is 1. The van der Waals surface area contributed by atoms with Crippen molar-refractivity contribution < 1.29 is 0 Å². The van der Waals surface area contributed by atoms with Gasteiger partial charge in [-0.15, -0.1) is 10.2 Å². The predicted octanol–water partition coefficient (Wildman–Crippen LogP) is 1.85. The summed E-state index contributed by atoms with van der Waals surface area (Å²) in [5, 5.41) is 11.5. The van der Waals surface area contributed by atoms with Gasteiger partial charge in [0.2, 0.25) is 0 Å². The summed E-state index contributed by atoms with van der Waals surface area (Å²) in [6.07, 6.45) is 3.38. The van der Waals surface area contributed by atoms with Crippen LogP contribution in [0, 0.1) is 6.92 Å². The van der Waals surface area contributed by atoms with E-state index in [0.29, 0.717) is 12.5 Å². The van der Waals surface area contributed by atoms with Crippen LogP contribution in [0.15, 0.2) is 29.3 Å². The first-order chi connectivity index (χ1) is 10.2. The van der Waals surface area contributed by atoms with Gasteiger partial charge in [0.25, 0.3) is 0 Å². The summed E-state index contributed by atoms with van der Waals surface area (Å²) in [6, 6.07) is 8.03. The number of rotatable bonds is 3. The first-order valence-corrected chi connectivity index (χ1v) is 7.27. The van der Waals surface area contributed by atoms with Crippen molar-refractivity contribution in [2.24, 2.45) is 10.7 Å². The van der Waals surface area contributed by atoms with E-state index in [1.807, 2.05) is 24.3 Å². The Morgan fingerprint density at radius 3 is 2.90 bits per heavy atom.